The van der Waals surface area contributed by atoms with Crippen LogP contribution in [0.2, 0.25) is 0 Å². The van der Waals surface area contributed by atoms with Gasteiger partial charge in [0.05, 0.1) is 18.8 Å². The Kier molecular flexibility index (Phi) is 7.88. The fourth-order valence-corrected chi connectivity index (χ4v) is 4.44. The SMILES string of the molecule is COc1ccc(-c2csc([C@H](Cc3ccc(NS(=O)[O-])cc3)NC(=O)C(C)(C)C)n2)c(C)c1. The molecule has 33 heavy (non-hydrogen) atoms. The molecule has 0 aliphatic rings. The lowest BCUT2D eigenvalue weighted by Crippen LogP contribution is -2.38. The third-order valence-corrected chi connectivity index (χ3v) is 6.47. The summed E-state index contributed by atoms with van der Waals surface area (Å²) >= 11 is -0.871. The molecule has 0 bridgehead atoms. The summed E-state index contributed by atoms with van der Waals surface area (Å²) in [5.41, 5.74) is 3.81. The molecule has 0 spiro atoms. The van der Waals surface area contributed by atoms with Crippen molar-refractivity contribution in [2.24, 2.45) is 5.41 Å². The largest absolute Gasteiger partial charge is 0.755 e. The minimum absolute atomic E-state index is 0.0649. The van der Waals surface area contributed by atoms with Crippen LogP contribution in [0.1, 0.15) is 42.9 Å². The molecular formula is C24H28N3O4S2-. The first-order valence-electron chi connectivity index (χ1n) is 10.4. The molecule has 2 aromatic carbocycles. The molecule has 3 aromatic rings. The van der Waals surface area contributed by atoms with E-state index in [4.69, 9.17) is 9.72 Å². The summed E-state index contributed by atoms with van der Waals surface area (Å²) in [6.07, 6.45) is 0.525. The van der Waals surface area contributed by atoms with E-state index < -0.39 is 16.7 Å². The van der Waals surface area contributed by atoms with Crippen LogP contribution in [0.25, 0.3) is 11.3 Å². The number of hydrogen-bond donors (Lipinski definition) is 2. The molecule has 0 aliphatic heterocycles. The highest BCUT2D eigenvalue weighted by molar-refractivity contribution is 7.80. The van der Waals surface area contributed by atoms with Crippen LogP contribution in [0, 0.1) is 12.3 Å². The van der Waals surface area contributed by atoms with Crippen LogP contribution in [0.5, 0.6) is 5.75 Å². The van der Waals surface area contributed by atoms with Gasteiger partial charge in [-0.1, -0.05) is 32.9 Å². The Hall–Kier alpha value is -2.75. The van der Waals surface area contributed by atoms with Gasteiger partial charge < -0.3 is 19.3 Å². The summed E-state index contributed by atoms with van der Waals surface area (Å²) in [6.45, 7) is 7.63. The smallest absolute Gasteiger partial charge is 0.225 e. The fourth-order valence-electron chi connectivity index (χ4n) is 3.24. The van der Waals surface area contributed by atoms with Gasteiger partial charge in [0.2, 0.25) is 5.91 Å². The van der Waals surface area contributed by atoms with E-state index >= 15 is 0 Å². The van der Waals surface area contributed by atoms with Crippen LogP contribution in [0.4, 0.5) is 5.69 Å². The van der Waals surface area contributed by atoms with Gasteiger partial charge in [0.25, 0.3) is 0 Å². The summed E-state index contributed by atoms with van der Waals surface area (Å²) in [5.74, 6) is 0.727. The summed E-state index contributed by atoms with van der Waals surface area (Å²) < 4.78 is 29.3. The van der Waals surface area contributed by atoms with E-state index in [-0.39, 0.29) is 11.9 Å². The second-order valence-corrected chi connectivity index (χ2v) is 10.3. The van der Waals surface area contributed by atoms with E-state index in [1.165, 1.54) is 11.3 Å². The number of anilines is 1. The average Bonchev–Trinajstić information content (AvgIpc) is 3.23. The van der Waals surface area contributed by atoms with Crippen LogP contribution in [-0.4, -0.2) is 26.8 Å². The third kappa shape index (κ3) is 6.63. The Bertz CT molecular complexity index is 1140. The number of hydrogen-bond acceptors (Lipinski definition) is 6. The van der Waals surface area contributed by atoms with E-state index in [0.29, 0.717) is 12.1 Å². The number of amides is 1. The van der Waals surface area contributed by atoms with Crippen molar-refractivity contribution in [3.05, 3.63) is 64.0 Å². The Labute approximate surface area is 201 Å². The molecular weight excluding hydrogens is 458 g/mol. The molecule has 0 radical (unpaired) electrons. The van der Waals surface area contributed by atoms with Gasteiger partial charge in [-0.15, -0.1) is 11.3 Å². The molecule has 0 saturated heterocycles. The van der Waals surface area contributed by atoms with Crippen molar-refractivity contribution in [1.82, 2.24) is 10.3 Å². The predicted molar refractivity (Wildman–Crippen MR) is 132 cm³/mol. The number of nitrogens with one attached hydrogen (secondary N) is 2. The highest BCUT2D eigenvalue weighted by atomic mass is 32.2. The van der Waals surface area contributed by atoms with Crippen molar-refractivity contribution in [2.45, 2.75) is 40.2 Å². The van der Waals surface area contributed by atoms with Gasteiger partial charge in [-0.2, -0.15) is 0 Å². The second-order valence-electron chi connectivity index (χ2n) is 8.77. The lowest BCUT2D eigenvalue weighted by molar-refractivity contribution is -0.129. The van der Waals surface area contributed by atoms with Crippen molar-refractivity contribution in [2.75, 3.05) is 11.8 Å². The van der Waals surface area contributed by atoms with E-state index in [9.17, 15) is 13.6 Å². The van der Waals surface area contributed by atoms with E-state index in [0.717, 1.165) is 33.1 Å². The molecule has 1 amide bonds. The highest BCUT2D eigenvalue weighted by Crippen LogP contribution is 2.31. The number of rotatable bonds is 8. The Morgan fingerprint density at radius 3 is 2.48 bits per heavy atom. The van der Waals surface area contributed by atoms with Crippen LogP contribution < -0.4 is 14.8 Å². The molecule has 0 fully saturated rings. The monoisotopic (exact) mass is 486 g/mol. The summed E-state index contributed by atoms with van der Waals surface area (Å²) in [6, 6.07) is 12.6. The number of carbonyl (C=O) groups is 1. The molecule has 0 aliphatic carbocycles. The van der Waals surface area contributed by atoms with Gasteiger partial charge in [-0.05, 0) is 54.8 Å². The highest BCUT2D eigenvalue weighted by Gasteiger charge is 2.26. The molecule has 3 rings (SSSR count). The third-order valence-electron chi connectivity index (χ3n) is 5.11. The Morgan fingerprint density at radius 2 is 1.91 bits per heavy atom. The number of aromatic nitrogens is 1. The zero-order valence-electron chi connectivity index (χ0n) is 19.3. The summed E-state index contributed by atoms with van der Waals surface area (Å²) in [5, 5.41) is 5.94. The number of methoxy groups -OCH3 is 1. The lowest BCUT2D eigenvalue weighted by atomic mass is 9.94. The fraction of sp³-hybridized carbons (Fsp3) is 0.333. The number of benzene rings is 2. The maximum absolute atomic E-state index is 12.8. The maximum Gasteiger partial charge on any atom is 0.225 e. The van der Waals surface area contributed by atoms with Gasteiger partial charge in [0, 0.05) is 33.3 Å². The summed E-state index contributed by atoms with van der Waals surface area (Å²) in [7, 11) is 1.64. The first kappa shape index (κ1) is 24.9. The van der Waals surface area contributed by atoms with Crippen molar-refractivity contribution in [3.8, 4) is 17.0 Å². The van der Waals surface area contributed by atoms with Crippen molar-refractivity contribution < 1.29 is 18.3 Å². The minimum atomic E-state index is -2.37. The van der Waals surface area contributed by atoms with Crippen LogP contribution in [0.15, 0.2) is 47.8 Å². The number of aryl methyl sites for hydroxylation is 1. The maximum atomic E-state index is 12.8. The number of nitrogens with zero attached hydrogens (tertiary/aromatic N) is 1. The second kappa shape index (κ2) is 10.5. The number of ether oxygens (including phenoxy) is 1. The molecule has 1 aromatic heterocycles. The van der Waals surface area contributed by atoms with Crippen LogP contribution in [-0.2, 0) is 22.5 Å². The Morgan fingerprint density at radius 1 is 1.21 bits per heavy atom. The topological polar surface area (TPSA) is 103 Å². The molecule has 0 saturated carbocycles. The van der Waals surface area contributed by atoms with Gasteiger partial charge >= 0.3 is 0 Å². The number of thiazole rings is 1. The molecule has 2 atom stereocenters. The van der Waals surface area contributed by atoms with Crippen molar-refractivity contribution in [1.29, 1.82) is 0 Å². The van der Waals surface area contributed by atoms with Gasteiger partial charge in [0.1, 0.15) is 10.8 Å². The van der Waals surface area contributed by atoms with Crippen molar-refractivity contribution in [3.63, 3.8) is 0 Å². The van der Waals surface area contributed by atoms with E-state index in [2.05, 4.69) is 10.0 Å². The zero-order valence-corrected chi connectivity index (χ0v) is 20.9. The van der Waals surface area contributed by atoms with Crippen molar-refractivity contribution >= 4 is 34.2 Å². The molecule has 1 heterocycles. The van der Waals surface area contributed by atoms with Gasteiger partial charge in [-0.25, -0.2) is 4.98 Å². The quantitative estimate of drug-likeness (QED) is 0.446. The summed E-state index contributed by atoms with van der Waals surface area (Å²) in [4.78, 5) is 17.6. The zero-order chi connectivity index (χ0) is 24.2. The van der Waals surface area contributed by atoms with Gasteiger partial charge in [-0.3, -0.25) is 9.00 Å². The van der Waals surface area contributed by atoms with Crippen LogP contribution in [0.3, 0.4) is 0 Å². The van der Waals surface area contributed by atoms with E-state index in [1.807, 2.05) is 63.4 Å². The molecule has 2 N–H and O–H groups in total. The molecule has 7 nitrogen and oxygen atoms in total. The predicted octanol–water partition coefficient (Wildman–Crippen LogP) is 4.78. The lowest BCUT2D eigenvalue weighted by Gasteiger charge is -2.23. The molecule has 176 valence electrons. The number of carbonyl (C=O) groups excluding carboxylic acids is 1. The Balaban J connectivity index is 1.88. The first-order chi connectivity index (χ1) is 15.6. The average molecular weight is 487 g/mol. The van der Waals surface area contributed by atoms with Crippen LogP contribution >= 0.6 is 11.3 Å². The normalized spacial score (nSPS) is 13.3. The van der Waals surface area contributed by atoms with Gasteiger partial charge in [0.15, 0.2) is 0 Å². The molecule has 9 heteroatoms. The molecule has 1 unspecified atom stereocenters. The first-order valence-corrected chi connectivity index (χ1v) is 12.4. The standard InChI is InChI=1S/C24H29N3O4S2/c1-15-12-18(31-5)10-11-19(15)21-14-32-22(25-21)20(26-23(28)24(2,3)4)13-16-6-8-17(9-7-16)27-33(29)30/h6-12,14,20,27H,13H2,1-5H3,(H,26,28)(H,29,30)/p-1/t20-/m0/s1. The minimum Gasteiger partial charge on any atom is -0.755 e. The van der Waals surface area contributed by atoms with E-state index in [1.54, 1.807) is 19.2 Å².